The number of hydrogen-bond acceptors (Lipinski definition) is 4. The lowest BCUT2D eigenvalue weighted by Gasteiger charge is -2.34. The van der Waals surface area contributed by atoms with Crippen LogP contribution in [0, 0.1) is 5.92 Å². The largest absolute Gasteiger partial charge is 0.450 e. The third-order valence-electron chi connectivity index (χ3n) is 3.78. The molecule has 0 aromatic carbocycles. The van der Waals surface area contributed by atoms with Gasteiger partial charge in [0.25, 0.3) is 5.91 Å². The van der Waals surface area contributed by atoms with Crippen LogP contribution < -0.4 is 16.0 Å². The molecule has 0 aromatic heterocycles. The van der Waals surface area contributed by atoms with Gasteiger partial charge in [-0.05, 0) is 38.5 Å². The number of rotatable bonds is 3. The molecule has 1 heterocycles. The van der Waals surface area contributed by atoms with Crippen molar-refractivity contribution in [2.45, 2.75) is 38.1 Å². The number of urea groups is 1. The second-order valence-corrected chi connectivity index (χ2v) is 5.04. The van der Waals surface area contributed by atoms with Gasteiger partial charge in [0, 0.05) is 6.54 Å². The zero-order valence-electron chi connectivity index (χ0n) is 11.0. The number of imide groups is 1. The van der Waals surface area contributed by atoms with Crippen LogP contribution >= 0.6 is 0 Å². The first-order valence-electron chi connectivity index (χ1n) is 6.60. The van der Waals surface area contributed by atoms with Gasteiger partial charge in [-0.2, -0.15) is 0 Å². The maximum absolute atomic E-state index is 11.7. The van der Waals surface area contributed by atoms with Crippen molar-refractivity contribution in [3.05, 3.63) is 0 Å². The van der Waals surface area contributed by atoms with Crippen molar-refractivity contribution in [2.75, 3.05) is 13.2 Å². The van der Waals surface area contributed by atoms with E-state index in [4.69, 9.17) is 4.74 Å². The van der Waals surface area contributed by atoms with Gasteiger partial charge < -0.3 is 15.4 Å². The number of carbonyl (C=O) groups excluding carboxylic acids is 3. The molecule has 1 spiro atoms. The third-order valence-corrected chi connectivity index (χ3v) is 3.78. The van der Waals surface area contributed by atoms with E-state index in [-0.39, 0.29) is 5.91 Å². The Morgan fingerprint density at radius 1 is 1.42 bits per heavy atom. The molecule has 2 fully saturated rings. The Balaban J connectivity index is 1.78. The van der Waals surface area contributed by atoms with Crippen molar-refractivity contribution >= 4 is 18.0 Å². The molecule has 7 heteroatoms. The van der Waals surface area contributed by atoms with Crippen molar-refractivity contribution in [3.8, 4) is 0 Å². The summed E-state index contributed by atoms with van der Waals surface area (Å²) >= 11 is 0. The molecule has 0 aromatic rings. The van der Waals surface area contributed by atoms with Crippen LogP contribution in [0.1, 0.15) is 32.6 Å². The van der Waals surface area contributed by atoms with E-state index in [0.29, 0.717) is 31.9 Å². The number of carbonyl (C=O) groups is 3. The van der Waals surface area contributed by atoms with E-state index in [1.54, 1.807) is 6.92 Å². The zero-order valence-corrected chi connectivity index (χ0v) is 11.0. The van der Waals surface area contributed by atoms with Gasteiger partial charge in [0.1, 0.15) is 5.54 Å². The normalized spacial score (nSPS) is 29.8. The predicted molar refractivity (Wildman–Crippen MR) is 66.4 cm³/mol. The van der Waals surface area contributed by atoms with Gasteiger partial charge in [0.05, 0.1) is 6.61 Å². The topological polar surface area (TPSA) is 96.5 Å². The van der Waals surface area contributed by atoms with Gasteiger partial charge in [-0.3, -0.25) is 10.1 Å². The number of ether oxygens (including phenoxy) is 1. The molecule has 0 unspecified atom stereocenters. The maximum atomic E-state index is 11.7. The Bertz CT molecular complexity index is 388. The van der Waals surface area contributed by atoms with Crippen molar-refractivity contribution in [2.24, 2.45) is 5.92 Å². The van der Waals surface area contributed by atoms with Crippen LogP contribution in [-0.4, -0.2) is 36.7 Å². The second kappa shape index (κ2) is 5.46. The minimum absolute atomic E-state index is 0.227. The highest BCUT2D eigenvalue weighted by Gasteiger charge is 2.47. The maximum Gasteiger partial charge on any atom is 0.407 e. The summed E-state index contributed by atoms with van der Waals surface area (Å²) in [7, 11) is 0. The Morgan fingerprint density at radius 2 is 2.11 bits per heavy atom. The first kappa shape index (κ1) is 13.6. The number of nitrogens with one attached hydrogen (secondary N) is 3. The lowest BCUT2D eigenvalue weighted by Crippen LogP contribution is -2.50. The average molecular weight is 269 g/mol. The first-order chi connectivity index (χ1) is 9.05. The fraction of sp³-hybridized carbons (Fsp3) is 0.750. The summed E-state index contributed by atoms with van der Waals surface area (Å²) in [5.74, 6) is 0.0923. The molecule has 2 aliphatic rings. The zero-order chi connectivity index (χ0) is 13.9. The lowest BCUT2D eigenvalue weighted by molar-refractivity contribution is -0.125. The molecular formula is C12H19N3O4. The first-order valence-corrected chi connectivity index (χ1v) is 6.60. The predicted octanol–water partition coefficient (Wildman–Crippen LogP) is 0.501. The Hall–Kier alpha value is -1.79. The molecule has 4 amide bonds. The Labute approximate surface area is 111 Å². The van der Waals surface area contributed by atoms with Gasteiger partial charge in [-0.1, -0.05) is 0 Å². The molecule has 1 saturated heterocycles. The highest BCUT2D eigenvalue weighted by Crippen LogP contribution is 2.33. The number of hydrogen-bond donors (Lipinski definition) is 3. The summed E-state index contributed by atoms with van der Waals surface area (Å²) < 4.78 is 4.79. The molecule has 7 nitrogen and oxygen atoms in total. The molecule has 19 heavy (non-hydrogen) atoms. The van der Waals surface area contributed by atoms with Gasteiger partial charge >= 0.3 is 12.1 Å². The summed E-state index contributed by atoms with van der Waals surface area (Å²) in [5.41, 5.74) is -0.725. The van der Waals surface area contributed by atoms with E-state index < -0.39 is 17.7 Å². The van der Waals surface area contributed by atoms with Crippen molar-refractivity contribution < 1.29 is 19.1 Å². The summed E-state index contributed by atoms with van der Waals surface area (Å²) in [4.78, 5) is 34.1. The Morgan fingerprint density at radius 3 is 2.63 bits per heavy atom. The number of alkyl carbamates (subject to hydrolysis) is 1. The van der Waals surface area contributed by atoms with E-state index in [2.05, 4.69) is 16.0 Å². The molecule has 106 valence electrons. The van der Waals surface area contributed by atoms with E-state index in [1.165, 1.54) is 0 Å². The monoisotopic (exact) mass is 269 g/mol. The van der Waals surface area contributed by atoms with Crippen LogP contribution in [-0.2, 0) is 9.53 Å². The molecule has 3 N–H and O–H groups in total. The summed E-state index contributed by atoms with van der Waals surface area (Å²) in [6.45, 7) is 2.65. The average Bonchev–Trinajstić information content (AvgIpc) is 2.64. The van der Waals surface area contributed by atoms with Crippen LogP contribution in [0.2, 0.25) is 0 Å². The van der Waals surface area contributed by atoms with Gasteiger partial charge in [-0.25, -0.2) is 9.59 Å². The molecular weight excluding hydrogens is 250 g/mol. The highest BCUT2D eigenvalue weighted by molar-refractivity contribution is 6.07. The smallest absolute Gasteiger partial charge is 0.407 e. The SMILES string of the molecule is CCOC(=O)NCC1CCC2(CC1)NC(=O)NC2=O. The third kappa shape index (κ3) is 2.97. The van der Waals surface area contributed by atoms with E-state index in [0.717, 1.165) is 12.8 Å². The highest BCUT2D eigenvalue weighted by atomic mass is 16.5. The van der Waals surface area contributed by atoms with Gasteiger partial charge in [0.15, 0.2) is 0 Å². The van der Waals surface area contributed by atoms with Crippen LogP contribution in [0.5, 0.6) is 0 Å². The standard InChI is InChI=1S/C12H19N3O4/c1-2-19-11(18)13-7-8-3-5-12(6-4-8)9(16)14-10(17)15-12/h8H,2-7H2,1H3,(H,13,18)(H2,14,15,16,17). The van der Waals surface area contributed by atoms with Gasteiger partial charge in [-0.15, -0.1) is 0 Å². The van der Waals surface area contributed by atoms with Crippen LogP contribution in [0.3, 0.4) is 0 Å². The number of amides is 4. The van der Waals surface area contributed by atoms with Crippen molar-refractivity contribution in [3.63, 3.8) is 0 Å². The minimum atomic E-state index is -0.725. The quantitative estimate of drug-likeness (QED) is 0.650. The fourth-order valence-corrected chi connectivity index (χ4v) is 2.66. The van der Waals surface area contributed by atoms with E-state index in [1.807, 2.05) is 0 Å². The fourth-order valence-electron chi connectivity index (χ4n) is 2.66. The summed E-state index contributed by atoms with van der Waals surface area (Å²) in [5, 5.41) is 7.70. The van der Waals surface area contributed by atoms with Crippen LogP contribution in [0.15, 0.2) is 0 Å². The minimum Gasteiger partial charge on any atom is -0.450 e. The summed E-state index contributed by atoms with van der Waals surface area (Å²) in [6, 6.07) is -0.409. The molecule has 0 radical (unpaired) electrons. The molecule has 0 atom stereocenters. The van der Waals surface area contributed by atoms with Gasteiger partial charge in [0.2, 0.25) is 0 Å². The lowest BCUT2D eigenvalue weighted by atomic mass is 9.76. The molecule has 1 aliphatic heterocycles. The van der Waals surface area contributed by atoms with E-state index >= 15 is 0 Å². The van der Waals surface area contributed by atoms with Crippen LogP contribution in [0.25, 0.3) is 0 Å². The summed E-state index contributed by atoms with van der Waals surface area (Å²) in [6.07, 6.45) is 2.40. The Kier molecular flexibility index (Phi) is 3.92. The molecule has 0 bridgehead atoms. The van der Waals surface area contributed by atoms with Crippen LogP contribution in [0.4, 0.5) is 9.59 Å². The van der Waals surface area contributed by atoms with Crippen molar-refractivity contribution in [1.29, 1.82) is 0 Å². The van der Waals surface area contributed by atoms with Crippen molar-refractivity contribution in [1.82, 2.24) is 16.0 Å². The molecule has 2 rings (SSSR count). The second-order valence-electron chi connectivity index (χ2n) is 5.04. The van der Waals surface area contributed by atoms with E-state index in [9.17, 15) is 14.4 Å². The molecule has 1 aliphatic carbocycles. The molecule has 1 saturated carbocycles.